The van der Waals surface area contributed by atoms with Crippen LogP contribution >= 0.6 is 0 Å². The zero-order valence-electron chi connectivity index (χ0n) is 12.2. The molecule has 4 heteroatoms. The third-order valence-electron chi connectivity index (χ3n) is 3.35. The summed E-state index contributed by atoms with van der Waals surface area (Å²) in [5.74, 6) is 0.762. The zero-order chi connectivity index (χ0) is 13.5. The lowest BCUT2D eigenvalue weighted by atomic mass is 10.0. The van der Waals surface area contributed by atoms with Gasteiger partial charge in [-0.05, 0) is 46.7 Å². The first-order valence-electron chi connectivity index (χ1n) is 6.89. The van der Waals surface area contributed by atoms with Crippen molar-refractivity contribution in [2.75, 3.05) is 31.6 Å². The molecule has 0 amide bonds. The Morgan fingerprint density at radius 3 is 2.56 bits per heavy atom. The summed E-state index contributed by atoms with van der Waals surface area (Å²) in [6.45, 7) is 9.87. The number of likely N-dealkylation sites (tertiary alicyclic amines) is 1. The maximum Gasteiger partial charge on any atom is 0.0383 e. The predicted octanol–water partition coefficient (Wildman–Crippen LogP) is 1.77. The van der Waals surface area contributed by atoms with E-state index in [2.05, 4.69) is 37.1 Å². The summed E-state index contributed by atoms with van der Waals surface area (Å²) in [6.07, 6.45) is 6.49. The highest BCUT2D eigenvalue weighted by Gasteiger charge is 2.19. The average Bonchev–Trinajstić information content (AvgIpc) is 2.26. The number of nitrogens with zero attached hydrogens (tertiary/aromatic N) is 1. The van der Waals surface area contributed by atoms with Gasteiger partial charge in [-0.3, -0.25) is 9.11 Å². The highest BCUT2D eigenvalue weighted by atomic mass is 32.2. The fraction of sp³-hybridized carbons (Fsp3) is 0.857. The van der Waals surface area contributed by atoms with Gasteiger partial charge in [-0.25, -0.2) is 0 Å². The van der Waals surface area contributed by atoms with Gasteiger partial charge >= 0.3 is 0 Å². The fourth-order valence-corrected chi connectivity index (χ4v) is 3.20. The molecule has 3 nitrogen and oxygen atoms in total. The summed E-state index contributed by atoms with van der Waals surface area (Å²) in [7, 11) is -0.696. The van der Waals surface area contributed by atoms with Gasteiger partial charge in [0.1, 0.15) is 0 Å². The van der Waals surface area contributed by atoms with Crippen molar-refractivity contribution in [2.45, 2.75) is 45.7 Å². The average molecular weight is 272 g/mol. The van der Waals surface area contributed by atoms with E-state index in [1.807, 2.05) is 0 Å². The van der Waals surface area contributed by atoms with Gasteiger partial charge in [0.2, 0.25) is 0 Å². The van der Waals surface area contributed by atoms with E-state index in [4.69, 9.17) is 0 Å². The van der Waals surface area contributed by atoms with E-state index in [0.717, 1.165) is 12.3 Å². The van der Waals surface area contributed by atoms with E-state index in [0.29, 0.717) is 12.1 Å². The minimum atomic E-state index is -0.696. The van der Waals surface area contributed by atoms with E-state index < -0.39 is 10.8 Å². The topological polar surface area (TPSA) is 32.3 Å². The standard InChI is InChI=1S/C14H28N2OS/c1-12(2)5-8-16-9-6-14(7-10-16)15-13(3)11-18(4)17/h5,13-15H,6-11H2,1-4H3. The van der Waals surface area contributed by atoms with Crippen LogP contribution in [0, 0.1) is 0 Å². The van der Waals surface area contributed by atoms with Gasteiger partial charge in [0.15, 0.2) is 0 Å². The number of nitrogens with one attached hydrogen (secondary N) is 1. The predicted molar refractivity (Wildman–Crippen MR) is 80.4 cm³/mol. The molecule has 0 spiro atoms. The van der Waals surface area contributed by atoms with Crippen LogP contribution < -0.4 is 5.32 Å². The van der Waals surface area contributed by atoms with Crippen molar-refractivity contribution in [1.29, 1.82) is 0 Å². The van der Waals surface area contributed by atoms with Crippen molar-refractivity contribution >= 4 is 10.8 Å². The third kappa shape index (κ3) is 6.66. The lowest BCUT2D eigenvalue weighted by Gasteiger charge is -2.33. The van der Waals surface area contributed by atoms with Gasteiger partial charge < -0.3 is 5.32 Å². The summed E-state index contributed by atoms with van der Waals surface area (Å²) in [5, 5.41) is 3.60. The molecule has 0 radical (unpaired) electrons. The normalized spacial score (nSPS) is 21.6. The molecule has 0 bridgehead atoms. The molecule has 0 aromatic carbocycles. The van der Waals surface area contributed by atoms with Gasteiger partial charge in [-0.1, -0.05) is 11.6 Å². The summed E-state index contributed by atoms with van der Waals surface area (Å²) in [6, 6.07) is 0.969. The van der Waals surface area contributed by atoms with Gasteiger partial charge in [-0.2, -0.15) is 0 Å². The second kappa shape index (κ2) is 8.08. The van der Waals surface area contributed by atoms with Crippen LogP contribution in [0.5, 0.6) is 0 Å². The van der Waals surface area contributed by atoms with Gasteiger partial charge in [0, 0.05) is 41.4 Å². The first-order chi connectivity index (χ1) is 8.47. The molecule has 0 saturated carbocycles. The lowest BCUT2D eigenvalue weighted by molar-refractivity contribution is 0.210. The van der Waals surface area contributed by atoms with Gasteiger partial charge in [0.05, 0.1) is 0 Å². The number of piperidine rings is 1. The molecule has 1 rings (SSSR count). The first kappa shape index (κ1) is 15.9. The Morgan fingerprint density at radius 1 is 1.44 bits per heavy atom. The summed E-state index contributed by atoms with van der Waals surface area (Å²) in [5.41, 5.74) is 1.40. The second-order valence-corrected chi connectivity index (χ2v) is 7.14. The molecule has 1 saturated heterocycles. The van der Waals surface area contributed by atoms with Crippen LogP contribution in [-0.4, -0.2) is 52.8 Å². The van der Waals surface area contributed by atoms with Crippen LogP contribution in [0.2, 0.25) is 0 Å². The van der Waals surface area contributed by atoms with Gasteiger partial charge in [0.25, 0.3) is 0 Å². The quantitative estimate of drug-likeness (QED) is 0.748. The molecule has 1 aliphatic heterocycles. The highest BCUT2D eigenvalue weighted by molar-refractivity contribution is 7.84. The van der Waals surface area contributed by atoms with Crippen molar-refractivity contribution in [1.82, 2.24) is 10.2 Å². The Hall–Kier alpha value is -0.190. The summed E-state index contributed by atoms with van der Waals surface area (Å²) < 4.78 is 11.2. The molecule has 106 valence electrons. The molecule has 2 atom stereocenters. The van der Waals surface area contributed by atoms with E-state index in [-0.39, 0.29) is 0 Å². The number of hydrogen-bond acceptors (Lipinski definition) is 3. The third-order valence-corrected chi connectivity index (χ3v) is 4.32. The maximum absolute atomic E-state index is 11.2. The summed E-state index contributed by atoms with van der Waals surface area (Å²) in [4.78, 5) is 2.51. The Morgan fingerprint density at radius 2 is 2.06 bits per heavy atom. The van der Waals surface area contributed by atoms with Crippen LogP contribution in [0.4, 0.5) is 0 Å². The Kier molecular flexibility index (Phi) is 7.12. The van der Waals surface area contributed by atoms with Crippen LogP contribution in [0.3, 0.4) is 0 Å². The molecular weight excluding hydrogens is 244 g/mol. The van der Waals surface area contributed by atoms with E-state index in [9.17, 15) is 4.21 Å². The van der Waals surface area contributed by atoms with Crippen molar-refractivity contribution in [3.63, 3.8) is 0 Å². The van der Waals surface area contributed by atoms with Crippen LogP contribution in [0.15, 0.2) is 11.6 Å². The SMILES string of the molecule is CC(C)=CCN1CCC(NC(C)CS(C)=O)CC1. The monoisotopic (exact) mass is 272 g/mol. The molecule has 1 heterocycles. The van der Waals surface area contributed by atoms with Crippen molar-refractivity contribution < 1.29 is 4.21 Å². The van der Waals surface area contributed by atoms with Crippen molar-refractivity contribution in [3.8, 4) is 0 Å². The van der Waals surface area contributed by atoms with E-state index in [1.54, 1.807) is 6.26 Å². The molecule has 1 N–H and O–H groups in total. The minimum Gasteiger partial charge on any atom is -0.310 e. The largest absolute Gasteiger partial charge is 0.310 e. The van der Waals surface area contributed by atoms with Crippen LogP contribution in [0.1, 0.15) is 33.6 Å². The van der Waals surface area contributed by atoms with E-state index in [1.165, 1.54) is 31.5 Å². The Balaban J connectivity index is 2.22. The minimum absolute atomic E-state index is 0.366. The molecule has 1 fully saturated rings. The molecule has 18 heavy (non-hydrogen) atoms. The molecule has 0 aromatic rings. The number of allylic oxidation sites excluding steroid dienone is 1. The van der Waals surface area contributed by atoms with Crippen molar-refractivity contribution in [3.05, 3.63) is 11.6 Å². The molecule has 1 aliphatic rings. The molecular formula is C14H28N2OS. The first-order valence-corrected chi connectivity index (χ1v) is 8.62. The molecule has 0 aromatic heterocycles. The van der Waals surface area contributed by atoms with E-state index >= 15 is 0 Å². The summed E-state index contributed by atoms with van der Waals surface area (Å²) >= 11 is 0. The maximum atomic E-state index is 11.2. The molecule has 2 unspecified atom stereocenters. The van der Waals surface area contributed by atoms with Gasteiger partial charge in [-0.15, -0.1) is 0 Å². The molecule has 0 aliphatic carbocycles. The fourth-order valence-electron chi connectivity index (χ4n) is 2.40. The Bertz CT molecular complexity index is 292. The van der Waals surface area contributed by atoms with Crippen LogP contribution in [-0.2, 0) is 10.8 Å². The number of rotatable bonds is 6. The zero-order valence-corrected chi connectivity index (χ0v) is 13.1. The lowest BCUT2D eigenvalue weighted by Crippen LogP contribution is -2.46. The van der Waals surface area contributed by atoms with Crippen LogP contribution in [0.25, 0.3) is 0 Å². The highest BCUT2D eigenvalue weighted by Crippen LogP contribution is 2.11. The van der Waals surface area contributed by atoms with Crippen molar-refractivity contribution in [2.24, 2.45) is 0 Å². The Labute approximate surface area is 114 Å². The smallest absolute Gasteiger partial charge is 0.0383 e. The second-order valence-electron chi connectivity index (χ2n) is 5.66. The number of hydrogen-bond donors (Lipinski definition) is 1.